The molecule has 1 N–H and O–H groups in total. The highest BCUT2D eigenvalue weighted by Crippen LogP contribution is 2.23. The number of hydrogen-bond acceptors (Lipinski definition) is 4. The van der Waals surface area contributed by atoms with Crippen LogP contribution in [0.2, 0.25) is 0 Å². The van der Waals surface area contributed by atoms with Crippen molar-refractivity contribution >= 4 is 37.0 Å². The number of carbonyl (C=O) groups excluding carboxylic acids is 1. The number of nitrogens with one attached hydrogen (secondary N) is 1. The number of carbonyl (C=O) groups is 1. The summed E-state index contributed by atoms with van der Waals surface area (Å²) >= 11 is 0.943. The van der Waals surface area contributed by atoms with Crippen LogP contribution in [0, 0.1) is 0 Å². The number of rotatable bonds is 5. The summed E-state index contributed by atoms with van der Waals surface area (Å²) in [6.07, 6.45) is 1.89. The van der Waals surface area contributed by atoms with Crippen LogP contribution in [0.4, 0.5) is 0 Å². The molecule has 16 heavy (non-hydrogen) atoms. The number of hydrogen-bond donors (Lipinski definition) is 1. The van der Waals surface area contributed by atoms with Crippen LogP contribution >= 0.6 is 22.0 Å². The van der Waals surface area contributed by atoms with E-state index in [1.807, 2.05) is 6.92 Å². The predicted molar refractivity (Wildman–Crippen MR) is 64.6 cm³/mol. The second kappa shape index (κ2) is 5.65. The first-order chi connectivity index (χ1) is 7.45. The van der Waals surface area contributed by atoms with E-state index >= 15 is 0 Å². The number of unbranched alkanes of at least 4 members (excludes halogenated alkanes) is 1. The molecule has 1 aromatic rings. The van der Waals surface area contributed by atoms with Gasteiger partial charge in [-0.25, -0.2) is 8.42 Å². The van der Waals surface area contributed by atoms with E-state index in [0.717, 1.165) is 24.2 Å². The molecule has 4 nitrogen and oxygen atoms in total. The van der Waals surface area contributed by atoms with E-state index < -0.39 is 9.05 Å². The lowest BCUT2D eigenvalue weighted by molar-refractivity contribution is 0.0953. The Morgan fingerprint density at radius 3 is 2.75 bits per heavy atom. The van der Waals surface area contributed by atoms with Crippen LogP contribution in [0.15, 0.2) is 15.7 Å². The first kappa shape index (κ1) is 13.5. The molecule has 0 aromatic carbocycles. The van der Waals surface area contributed by atoms with Crippen molar-refractivity contribution in [2.24, 2.45) is 0 Å². The molecule has 0 atom stereocenters. The first-order valence-electron chi connectivity index (χ1n) is 4.76. The van der Waals surface area contributed by atoms with E-state index in [-0.39, 0.29) is 10.1 Å². The predicted octanol–water partition coefficient (Wildman–Crippen LogP) is 2.21. The Hall–Kier alpha value is -0.590. The molecule has 0 fully saturated rings. The minimum atomic E-state index is -3.73. The van der Waals surface area contributed by atoms with Crippen LogP contribution < -0.4 is 5.32 Å². The molecular formula is C9H12ClNO3S2. The maximum atomic E-state index is 11.5. The normalized spacial score (nSPS) is 11.4. The highest BCUT2D eigenvalue weighted by atomic mass is 35.7. The van der Waals surface area contributed by atoms with Gasteiger partial charge in [0.2, 0.25) is 0 Å². The van der Waals surface area contributed by atoms with Gasteiger partial charge in [0.15, 0.2) is 0 Å². The van der Waals surface area contributed by atoms with Gasteiger partial charge in [-0.3, -0.25) is 4.79 Å². The number of amides is 1. The zero-order chi connectivity index (χ0) is 12.2. The lowest BCUT2D eigenvalue weighted by Crippen LogP contribution is -2.23. The molecule has 1 heterocycles. The van der Waals surface area contributed by atoms with Gasteiger partial charge in [-0.1, -0.05) is 13.3 Å². The van der Waals surface area contributed by atoms with Crippen LogP contribution in [0.5, 0.6) is 0 Å². The van der Waals surface area contributed by atoms with Crippen LogP contribution in [0.1, 0.15) is 30.1 Å². The smallest absolute Gasteiger partial charge is 0.270 e. The summed E-state index contributed by atoms with van der Waals surface area (Å²) in [6, 6.07) is 1.29. The third-order valence-corrected chi connectivity index (χ3v) is 4.93. The van der Waals surface area contributed by atoms with Gasteiger partial charge in [0.1, 0.15) is 4.21 Å². The summed E-state index contributed by atoms with van der Waals surface area (Å²) in [5.41, 5.74) is 0.334. The van der Waals surface area contributed by atoms with Crippen molar-refractivity contribution in [3.63, 3.8) is 0 Å². The summed E-state index contributed by atoms with van der Waals surface area (Å²) in [5, 5.41) is 4.18. The van der Waals surface area contributed by atoms with E-state index in [9.17, 15) is 13.2 Å². The second-order valence-corrected chi connectivity index (χ2v) is 6.91. The quantitative estimate of drug-likeness (QED) is 0.665. The van der Waals surface area contributed by atoms with Crippen molar-refractivity contribution < 1.29 is 13.2 Å². The van der Waals surface area contributed by atoms with Gasteiger partial charge in [-0.05, 0) is 12.5 Å². The zero-order valence-electron chi connectivity index (χ0n) is 8.70. The van der Waals surface area contributed by atoms with E-state index in [1.165, 1.54) is 11.4 Å². The molecule has 1 rings (SSSR count). The summed E-state index contributed by atoms with van der Waals surface area (Å²) < 4.78 is 21.9. The third-order valence-electron chi connectivity index (χ3n) is 1.89. The highest BCUT2D eigenvalue weighted by Gasteiger charge is 2.16. The average Bonchev–Trinajstić information content (AvgIpc) is 2.66. The summed E-state index contributed by atoms with van der Waals surface area (Å²) in [6.45, 7) is 2.61. The Morgan fingerprint density at radius 1 is 1.56 bits per heavy atom. The molecule has 0 aliphatic carbocycles. The number of halogens is 1. The minimum absolute atomic E-state index is 0.00481. The maximum absolute atomic E-state index is 11.5. The molecule has 0 spiro atoms. The van der Waals surface area contributed by atoms with Crippen LogP contribution in [0.25, 0.3) is 0 Å². The fourth-order valence-electron chi connectivity index (χ4n) is 1.04. The van der Waals surface area contributed by atoms with Gasteiger partial charge in [0.25, 0.3) is 15.0 Å². The molecule has 0 radical (unpaired) electrons. The molecule has 0 bridgehead atoms. The summed E-state index contributed by atoms with van der Waals surface area (Å²) in [5.74, 6) is -0.267. The topological polar surface area (TPSA) is 63.2 Å². The van der Waals surface area contributed by atoms with E-state index in [4.69, 9.17) is 10.7 Å². The van der Waals surface area contributed by atoms with Gasteiger partial charge in [0.05, 0.1) is 5.56 Å². The largest absolute Gasteiger partial charge is 0.352 e. The molecule has 0 saturated heterocycles. The van der Waals surface area contributed by atoms with Crippen molar-refractivity contribution in [1.82, 2.24) is 5.32 Å². The van der Waals surface area contributed by atoms with Crippen LogP contribution in [0.3, 0.4) is 0 Å². The molecule has 0 aliphatic heterocycles. The van der Waals surface area contributed by atoms with Gasteiger partial charge in [-0.15, -0.1) is 11.3 Å². The molecular weight excluding hydrogens is 270 g/mol. The van der Waals surface area contributed by atoms with Crippen molar-refractivity contribution in [3.05, 3.63) is 17.0 Å². The zero-order valence-corrected chi connectivity index (χ0v) is 11.1. The van der Waals surface area contributed by atoms with Gasteiger partial charge < -0.3 is 5.32 Å². The van der Waals surface area contributed by atoms with Gasteiger partial charge >= 0.3 is 0 Å². The summed E-state index contributed by atoms with van der Waals surface area (Å²) in [4.78, 5) is 11.5. The molecule has 0 unspecified atom stereocenters. The third kappa shape index (κ3) is 3.77. The lowest BCUT2D eigenvalue weighted by Gasteiger charge is -2.00. The Balaban J connectivity index is 2.68. The van der Waals surface area contributed by atoms with E-state index in [0.29, 0.717) is 12.1 Å². The van der Waals surface area contributed by atoms with Crippen molar-refractivity contribution in [2.45, 2.75) is 24.0 Å². The molecule has 1 aromatic heterocycles. The van der Waals surface area contributed by atoms with Crippen molar-refractivity contribution in [3.8, 4) is 0 Å². The Morgan fingerprint density at radius 2 is 2.25 bits per heavy atom. The molecule has 0 saturated carbocycles. The molecule has 0 aliphatic rings. The summed E-state index contributed by atoms with van der Waals surface area (Å²) in [7, 11) is 1.42. The SMILES string of the molecule is CCCCNC(=O)c1csc(S(=O)(=O)Cl)c1. The molecule has 1 amide bonds. The van der Waals surface area contributed by atoms with Gasteiger partial charge in [0, 0.05) is 22.6 Å². The Bertz CT molecular complexity index is 467. The Labute approximate surface area is 103 Å². The van der Waals surface area contributed by atoms with Gasteiger partial charge in [-0.2, -0.15) is 0 Å². The lowest BCUT2D eigenvalue weighted by atomic mass is 10.3. The molecule has 90 valence electrons. The average molecular weight is 282 g/mol. The monoisotopic (exact) mass is 281 g/mol. The maximum Gasteiger partial charge on any atom is 0.270 e. The minimum Gasteiger partial charge on any atom is -0.352 e. The van der Waals surface area contributed by atoms with E-state index in [1.54, 1.807) is 0 Å². The van der Waals surface area contributed by atoms with Crippen molar-refractivity contribution in [2.75, 3.05) is 6.54 Å². The number of thiophene rings is 1. The molecule has 7 heteroatoms. The highest BCUT2D eigenvalue weighted by molar-refractivity contribution is 8.15. The fraction of sp³-hybridized carbons (Fsp3) is 0.444. The Kier molecular flexibility index (Phi) is 4.76. The second-order valence-electron chi connectivity index (χ2n) is 3.20. The van der Waals surface area contributed by atoms with Crippen molar-refractivity contribution in [1.29, 1.82) is 0 Å². The van der Waals surface area contributed by atoms with Crippen LogP contribution in [-0.4, -0.2) is 20.9 Å². The standard InChI is InChI=1S/C9H12ClNO3S2/c1-2-3-4-11-9(12)7-5-8(15-6-7)16(10,13)14/h5-6H,2-4H2,1H3,(H,11,12). The first-order valence-corrected chi connectivity index (χ1v) is 7.95. The van der Waals surface area contributed by atoms with Crippen LogP contribution in [-0.2, 0) is 9.05 Å². The van der Waals surface area contributed by atoms with E-state index in [2.05, 4.69) is 5.32 Å². The fourth-order valence-corrected chi connectivity index (χ4v) is 2.99.